The van der Waals surface area contributed by atoms with Gasteiger partial charge in [-0.1, -0.05) is 17.7 Å². The van der Waals surface area contributed by atoms with Crippen molar-refractivity contribution in [1.29, 1.82) is 0 Å². The Morgan fingerprint density at radius 3 is 2.72 bits per heavy atom. The first-order chi connectivity index (χ1) is 15.6. The second-order valence-corrected chi connectivity index (χ2v) is 8.62. The second-order valence-electron chi connectivity index (χ2n) is 8.19. The zero-order chi connectivity index (χ0) is 22.1. The first kappa shape index (κ1) is 20.7. The molecule has 2 aromatic heterocycles. The Labute approximate surface area is 190 Å². The van der Waals surface area contributed by atoms with Gasteiger partial charge in [0.25, 0.3) is 0 Å². The highest BCUT2D eigenvalue weighted by atomic mass is 35.5. The SMILES string of the molecule is Cc1cc(N2C[C@H]3CC[C@@H](C2)C3Nc2nc(Oc3cccc(Cl)c3)n(/C=C/F)n2)ncn1. The summed E-state index contributed by atoms with van der Waals surface area (Å²) in [6, 6.07) is 9.35. The Morgan fingerprint density at radius 2 is 2.00 bits per heavy atom. The van der Waals surface area contributed by atoms with E-state index in [4.69, 9.17) is 16.3 Å². The van der Waals surface area contributed by atoms with E-state index in [2.05, 4.69) is 30.3 Å². The van der Waals surface area contributed by atoms with Crippen molar-refractivity contribution in [3.63, 3.8) is 0 Å². The average molecular weight is 456 g/mol. The molecule has 1 unspecified atom stereocenters. The number of aryl methyl sites for hydroxylation is 1. The van der Waals surface area contributed by atoms with Crippen LogP contribution in [0.2, 0.25) is 5.02 Å². The highest BCUT2D eigenvalue weighted by Crippen LogP contribution is 2.39. The number of nitrogens with zero attached hydrogens (tertiary/aromatic N) is 6. The van der Waals surface area contributed by atoms with Crippen molar-refractivity contribution in [3.8, 4) is 11.8 Å². The molecule has 2 fully saturated rings. The summed E-state index contributed by atoms with van der Waals surface area (Å²) in [4.78, 5) is 15.4. The number of piperidine rings is 1. The summed E-state index contributed by atoms with van der Waals surface area (Å²) in [7, 11) is 0. The van der Waals surface area contributed by atoms with E-state index in [1.54, 1.807) is 30.6 Å². The van der Waals surface area contributed by atoms with Gasteiger partial charge in [0.05, 0.1) is 6.20 Å². The Hall–Kier alpha value is -3.20. The smallest absolute Gasteiger partial charge is 0.326 e. The number of ether oxygens (including phenoxy) is 1. The maximum absolute atomic E-state index is 12.9. The molecule has 10 heteroatoms. The van der Waals surface area contributed by atoms with Crippen molar-refractivity contribution in [2.24, 2.45) is 11.8 Å². The predicted molar refractivity (Wildman–Crippen MR) is 121 cm³/mol. The minimum atomic E-state index is 0.157. The molecule has 0 amide bonds. The van der Waals surface area contributed by atoms with Crippen molar-refractivity contribution in [3.05, 3.63) is 53.7 Å². The van der Waals surface area contributed by atoms with Gasteiger partial charge in [-0.2, -0.15) is 9.67 Å². The number of halogens is 2. The average Bonchev–Trinajstić information content (AvgIpc) is 3.23. The predicted octanol–water partition coefficient (Wildman–Crippen LogP) is 4.55. The third-order valence-electron chi connectivity index (χ3n) is 6.05. The van der Waals surface area contributed by atoms with E-state index < -0.39 is 0 Å². The summed E-state index contributed by atoms with van der Waals surface area (Å²) in [5.41, 5.74) is 0.963. The molecule has 1 aliphatic heterocycles. The first-order valence-electron chi connectivity index (χ1n) is 10.6. The van der Waals surface area contributed by atoms with Gasteiger partial charge in [0, 0.05) is 35.9 Å². The van der Waals surface area contributed by atoms with Crippen LogP contribution in [0.5, 0.6) is 11.8 Å². The zero-order valence-electron chi connectivity index (χ0n) is 17.5. The van der Waals surface area contributed by atoms with Crippen LogP contribution in [-0.2, 0) is 0 Å². The summed E-state index contributed by atoms with van der Waals surface area (Å²) in [6.07, 6.45) is 5.43. The van der Waals surface area contributed by atoms with Gasteiger partial charge < -0.3 is 15.0 Å². The topological polar surface area (TPSA) is 81.0 Å². The summed E-state index contributed by atoms with van der Waals surface area (Å²) in [5, 5.41) is 8.39. The summed E-state index contributed by atoms with van der Waals surface area (Å²) in [5.74, 6) is 2.75. The van der Waals surface area contributed by atoms with Gasteiger partial charge in [-0.25, -0.2) is 14.4 Å². The van der Waals surface area contributed by atoms with E-state index in [1.165, 1.54) is 4.68 Å². The van der Waals surface area contributed by atoms with Crippen LogP contribution in [-0.4, -0.2) is 43.9 Å². The van der Waals surface area contributed by atoms with Gasteiger partial charge in [-0.05, 0) is 49.8 Å². The molecule has 8 nitrogen and oxygen atoms in total. The molecular weight excluding hydrogens is 433 g/mol. The van der Waals surface area contributed by atoms with Crippen LogP contribution < -0.4 is 15.0 Å². The van der Waals surface area contributed by atoms with Crippen LogP contribution in [0.4, 0.5) is 16.2 Å². The second kappa shape index (κ2) is 8.74. The van der Waals surface area contributed by atoms with Crippen molar-refractivity contribution in [2.45, 2.75) is 25.8 Å². The van der Waals surface area contributed by atoms with Crippen LogP contribution in [0, 0.1) is 18.8 Å². The molecule has 5 rings (SSSR count). The number of nitrogens with one attached hydrogen (secondary N) is 1. The van der Waals surface area contributed by atoms with Gasteiger partial charge in [0.1, 0.15) is 24.2 Å². The van der Waals surface area contributed by atoms with Crippen LogP contribution >= 0.6 is 11.6 Å². The lowest BCUT2D eigenvalue weighted by Gasteiger charge is -2.38. The van der Waals surface area contributed by atoms with E-state index in [9.17, 15) is 4.39 Å². The fourth-order valence-electron chi connectivity index (χ4n) is 4.63. The number of hydrogen-bond donors (Lipinski definition) is 1. The Kier molecular flexibility index (Phi) is 5.65. The molecule has 2 bridgehead atoms. The maximum Gasteiger partial charge on any atom is 0.326 e. The van der Waals surface area contributed by atoms with Crippen molar-refractivity contribution >= 4 is 29.6 Å². The minimum Gasteiger partial charge on any atom is -0.424 e. The molecule has 2 aliphatic rings. The number of benzene rings is 1. The molecule has 1 saturated heterocycles. The lowest BCUT2D eigenvalue weighted by Crippen LogP contribution is -2.48. The number of fused-ring (bicyclic) bond motifs is 2. The molecule has 3 atom stereocenters. The van der Waals surface area contributed by atoms with Gasteiger partial charge in [-0.15, -0.1) is 5.10 Å². The van der Waals surface area contributed by atoms with Crippen LogP contribution in [0.15, 0.2) is 43.0 Å². The van der Waals surface area contributed by atoms with Gasteiger partial charge in [0.15, 0.2) is 0 Å². The number of hydrogen-bond acceptors (Lipinski definition) is 7. The number of anilines is 2. The summed E-state index contributed by atoms with van der Waals surface area (Å²) < 4.78 is 20.0. The number of aromatic nitrogens is 5. The fraction of sp³-hybridized carbons (Fsp3) is 0.364. The molecular formula is C22H23ClFN7O. The van der Waals surface area contributed by atoms with E-state index in [-0.39, 0.29) is 12.1 Å². The summed E-state index contributed by atoms with van der Waals surface area (Å²) >= 11 is 6.03. The fourth-order valence-corrected chi connectivity index (χ4v) is 4.81. The first-order valence-corrected chi connectivity index (χ1v) is 10.9. The zero-order valence-corrected chi connectivity index (χ0v) is 18.3. The minimum absolute atomic E-state index is 0.157. The highest BCUT2D eigenvalue weighted by Gasteiger charge is 2.43. The van der Waals surface area contributed by atoms with Gasteiger partial charge >= 0.3 is 6.01 Å². The molecule has 32 heavy (non-hydrogen) atoms. The standard InChI is InChI=1S/C22H23ClFN7O/c1-14-9-19(26-13-25-14)30-11-15-5-6-16(12-30)20(15)27-21-28-22(31(29-21)8-7-24)32-18-4-2-3-17(23)10-18/h2-4,7-10,13,15-16,20H,5-6,11-12H2,1H3,(H,27,29)/b8-7+/t15-,16+,20?. The van der Waals surface area contributed by atoms with E-state index in [0.29, 0.717) is 34.9 Å². The lowest BCUT2D eigenvalue weighted by atomic mass is 9.92. The largest absolute Gasteiger partial charge is 0.424 e. The van der Waals surface area contributed by atoms with E-state index >= 15 is 0 Å². The monoisotopic (exact) mass is 455 g/mol. The van der Waals surface area contributed by atoms with Crippen molar-refractivity contribution in [1.82, 2.24) is 24.7 Å². The molecule has 166 valence electrons. The molecule has 1 aromatic carbocycles. The van der Waals surface area contributed by atoms with Crippen LogP contribution in [0.25, 0.3) is 6.20 Å². The maximum atomic E-state index is 12.9. The molecule has 3 heterocycles. The molecule has 1 N–H and O–H groups in total. The van der Waals surface area contributed by atoms with Crippen molar-refractivity contribution in [2.75, 3.05) is 23.3 Å². The van der Waals surface area contributed by atoms with E-state index in [0.717, 1.165) is 43.6 Å². The normalized spacial score (nSPS) is 22.5. The van der Waals surface area contributed by atoms with Crippen molar-refractivity contribution < 1.29 is 9.13 Å². The molecule has 1 saturated carbocycles. The van der Waals surface area contributed by atoms with Crippen LogP contribution in [0.1, 0.15) is 18.5 Å². The third-order valence-corrected chi connectivity index (χ3v) is 6.28. The Balaban J connectivity index is 1.32. The third kappa shape index (κ3) is 4.25. The number of rotatable bonds is 6. The summed E-state index contributed by atoms with van der Waals surface area (Å²) in [6.45, 7) is 3.79. The van der Waals surface area contributed by atoms with Gasteiger partial charge in [0.2, 0.25) is 5.95 Å². The van der Waals surface area contributed by atoms with E-state index in [1.807, 2.05) is 13.0 Å². The Morgan fingerprint density at radius 1 is 1.19 bits per heavy atom. The lowest BCUT2D eigenvalue weighted by molar-refractivity contribution is 0.374. The molecule has 3 aromatic rings. The Bertz CT molecular complexity index is 1120. The molecule has 0 spiro atoms. The molecule has 1 aliphatic carbocycles. The highest BCUT2D eigenvalue weighted by molar-refractivity contribution is 6.30. The van der Waals surface area contributed by atoms with Crippen LogP contribution in [0.3, 0.4) is 0 Å². The molecule has 0 radical (unpaired) electrons. The quantitative estimate of drug-likeness (QED) is 0.584. The van der Waals surface area contributed by atoms with Gasteiger partial charge in [-0.3, -0.25) is 0 Å².